The van der Waals surface area contributed by atoms with E-state index in [1.807, 2.05) is 30.3 Å². The third-order valence-electron chi connectivity index (χ3n) is 4.10. The van der Waals surface area contributed by atoms with Gasteiger partial charge in [-0.15, -0.1) is 0 Å². The lowest BCUT2D eigenvalue weighted by Gasteiger charge is -2.29. The van der Waals surface area contributed by atoms with Gasteiger partial charge in [0.25, 0.3) is 0 Å². The van der Waals surface area contributed by atoms with Crippen LogP contribution in [0.1, 0.15) is 22.8 Å². The summed E-state index contributed by atoms with van der Waals surface area (Å²) < 4.78 is 10.4. The summed E-state index contributed by atoms with van der Waals surface area (Å²) in [6.07, 6.45) is 0. The van der Waals surface area contributed by atoms with E-state index < -0.39 is 5.97 Å². The Kier molecular flexibility index (Phi) is 6.12. The second-order valence-corrected chi connectivity index (χ2v) is 6.18. The molecule has 0 spiro atoms. The van der Waals surface area contributed by atoms with Gasteiger partial charge in [0.1, 0.15) is 22.6 Å². The molecule has 27 heavy (non-hydrogen) atoms. The number of hydrogen-bond donors (Lipinski definition) is 1. The number of ether oxygens (including phenoxy) is 2. The highest BCUT2D eigenvalue weighted by molar-refractivity contribution is 6.30. The van der Waals surface area contributed by atoms with E-state index in [9.17, 15) is 4.79 Å². The highest BCUT2D eigenvalue weighted by Gasteiger charge is 2.18. The average molecular weight is 387 g/mol. The Morgan fingerprint density at radius 1 is 1.37 bits per heavy atom. The Morgan fingerprint density at radius 2 is 2.07 bits per heavy atom. The molecule has 1 aliphatic heterocycles. The maximum atomic E-state index is 12.2. The molecule has 1 aliphatic rings. The highest BCUT2D eigenvalue weighted by atomic mass is 35.5. The van der Waals surface area contributed by atoms with Crippen LogP contribution >= 0.6 is 11.6 Å². The summed E-state index contributed by atoms with van der Waals surface area (Å²) >= 11 is 6.03. The number of aromatic nitrogens is 1. The number of nitrogens with zero attached hydrogens (tertiary/aromatic N) is 3. The van der Waals surface area contributed by atoms with E-state index in [-0.39, 0.29) is 28.7 Å². The Balaban J connectivity index is 1.84. The smallest absolute Gasteiger partial charge is 0.341 e. The van der Waals surface area contributed by atoms with Gasteiger partial charge in [-0.3, -0.25) is 0 Å². The van der Waals surface area contributed by atoms with Crippen LogP contribution in [0.15, 0.2) is 30.3 Å². The molecular formula is C19H19ClN4O3. The number of hydrogen-bond acceptors (Lipinski definition) is 7. The molecule has 0 amide bonds. The van der Waals surface area contributed by atoms with Crippen LogP contribution in [0.2, 0.25) is 5.15 Å². The minimum Gasteiger partial charge on any atom is -0.462 e. The molecule has 1 aromatic carbocycles. The Labute approximate surface area is 162 Å². The first-order valence-corrected chi connectivity index (χ1v) is 8.97. The number of carbonyl (C=O) groups excluding carboxylic acids is 1. The van der Waals surface area contributed by atoms with Crippen LogP contribution in [0.25, 0.3) is 0 Å². The minimum atomic E-state index is -0.564. The first-order valence-electron chi connectivity index (χ1n) is 8.60. The van der Waals surface area contributed by atoms with E-state index in [4.69, 9.17) is 26.3 Å². The average Bonchev–Trinajstić information content (AvgIpc) is 2.69. The molecule has 0 aliphatic carbocycles. The zero-order chi connectivity index (χ0) is 19.2. The number of nitrogens with one attached hydrogen (secondary N) is 1. The second-order valence-electron chi connectivity index (χ2n) is 5.83. The zero-order valence-electron chi connectivity index (χ0n) is 14.9. The second kappa shape index (κ2) is 8.71. The molecule has 1 fully saturated rings. The van der Waals surface area contributed by atoms with Crippen molar-refractivity contribution in [3.05, 3.63) is 46.6 Å². The third kappa shape index (κ3) is 4.48. The van der Waals surface area contributed by atoms with Gasteiger partial charge in [0.2, 0.25) is 0 Å². The molecule has 1 aromatic heterocycles. The van der Waals surface area contributed by atoms with Crippen molar-refractivity contribution in [1.29, 1.82) is 5.26 Å². The molecule has 1 saturated heterocycles. The van der Waals surface area contributed by atoms with Crippen LogP contribution in [0.4, 0.5) is 17.2 Å². The minimum absolute atomic E-state index is 0.0259. The van der Waals surface area contributed by atoms with E-state index in [2.05, 4.69) is 15.2 Å². The summed E-state index contributed by atoms with van der Waals surface area (Å²) in [4.78, 5) is 18.6. The summed E-state index contributed by atoms with van der Waals surface area (Å²) in [5.74, 6) is -0.317. The molecule has 0 radical (unpaired) electrons. The van der Waals surface area contributed by atoms with Crippen molar-refractivity contribution in [3.8, 4) is 6.07 Å². The van der Waals surface area contributed by atoms with Crippen molar-refractivity contribution >= 4 is 34.8 Å². The van der Waals surface area contributed by atoms with Gasteiger partial charge in [-0.25, -0.2) is 9.78 Å². The molecule has 0 saturated carbocycles. The van der Waals surface area contributed by atoms with Crippen molar-refractivity contribution < 1.29 is 14.3 Å². The fourth-order valence-electron chi connectivity index (χ4n) is 2.74. The number of esters is 1. The Morgan fingerprint density at radius 3 is 2.70 bits per heavy atom. The van der Waals surface area contributed by atoms with E-state index in [0.717, 1.165) is 37.7 Å². The molecule has 2 heterocycles. The molecule has 2 aromatic rings. The van der Waals surface area contributed by atoms with Gasteiger partial charge in [-0.1, -0.05) is 11.6 Å². The number of anilines is 3. The van der Waals surface area contributed by atoms with Crippen LogP contribution < -0.4 is 10.2 Å². The number of rotatable bonds is 5. The largest absolute Gasteiger partial charge is 0.462 e. The lowest BCUT2D eigenvalue weighted by atomic mass is 10.2. The molecule has 7 nitrogen and oxygen atoms in total. The van der Waals surface area contributed by atoms with E-state index in [1.54, 1.807) is 6.92 Å². The van der Waals surface area contributed by atoms with Crippen LogP contribution in [0, 0.1) is 11.3 Å². The summed E-state index contributed by atoms with van der Waals surface area (Å²) in [7, 11) is 0. The number of carbonyl (C=O) groups is 1. The van der Waals surface area contributed by atoms with Crippen molar-refractivity contribution in [2.45, 2.75) is 6.92 Å². The summed E-state index contributed by atoms with van der Waals surface area (Å²) in [6.45, 7) is 5.08. The van der Waals surface area contributed by atoms with Crippen LogP contribution in [0.5, 0.6) is 0 Å². The van der Waals surface area contributed by atoms with Gasteiger partial charge in [-0.2, -0.15) is 5.26 Å². The fourth-order valence-corrected chi connectivity index (χ4v) is 2.92. The van der Waals surface area contributed by atoms with Crippen LogP contribution in [-0.4, -0.2) is 43.9 Å². The summed E-state index contributed by atoms with van der Waals surface area (Å²) in [5.41, 5.74) is 2.12. The molecule has 140 valence electrons. The normalized spacial score (nSPS) is 13.7. The van der Waals surface area contributed by atoms with E-state index in [1.165, 1.54) is 6.07 Å². The maximum absolute atomic E-state index is 12.2. The molecule has 3 rings (SSSR count). The number of nitriles is 1. The Bertz CT molecular complexity index is 858. The van der Waals surface area contributed by atoms with Crippen LogP contribution in [-0.2, 0) is 9.47 Å². The molecule has 8 heteroatoms. The van der Waals surface area contributed by atoms with Gasteiger partial charge in [0.15, 0.2) is 0 Å². The van der Waals surface area contributed by atoms with Crippen molar-refractivity contribution in [2.24, 2.45) is 0 Å². The maximum Gasteiger partial charge on any atom is 0.341 e. The number of halogens is 1. The van der Waals surface area contributed by atoms with Crippen molar-refractivity contribution in [1.82, 2.24) is 4.98 Å². The lowest BCUT2D eigenvalue weighted by Crippen LogP contribution is -2.36. The number of benzene rings is 1. The first-order chi connectivity index (χ1) is 13.1. The van der Waals surface area contributed by atoms with E-state index in [0.29, 0.717) is 0 Å². The SMILES string of the molecule is CCOC(=O)c1cc(C#N)c(Cl)nc1Nc1ccc(N2CCOCC2)cc1. The van der Waals surface area contributed by atoms with Gasteiger partial charge in [-0.05, 0) is 37.3 Å². The number of morpholine rings is 1. The first kappa shape index (κ1) is 19.0. The topological polar surface area (TPSA) is 87.5 Å². The van der Waals surface area contributed by atoms with Gasteiger partial charge >= 0.3 is 5.97 Å². The Hall–Kier alpha value is -2.82. The summed E-state index contributed by atoms with van der Waals surface area (Å²) in [6, 6.07) is 11.1. The number of pyridine rings is 1. The van der Waals surface area contributed by atoms with Crippen LogP contribution in [0.3, 0.4) is 0 Å². The quantitative estimate of drug-likeness (QED) is 0.622. The molecule has 1 N–H and O–H groups in total. The third-order valence-corrected chi connectivity index (χ3v) is 4.39. The predicted molar refractivity (Wildman–Crippen MR) is 103 cm³/mol. The highest BCUT2D eigenvalue weighted by Crippen LogP contribution is 2.26. The van der Waals surface area contributed by atoms with Gasteiger partial charge in [0, 0.05) is 24.5 Å². The molecule has 0 bridgehead atoms. The van der Waals surface area contributed by atoms with Gasteiger partial charge < -0.3 is 19.7 Å². The standard InChI is InChI=1S/C19H19ClN4O3/c1-2-27-19(25)16-11-13(12-21)17(20)23-18(16)22-14-3-5-15(6-4-14)24-7-9-26-10-8-24/h3-6,11H,2,7-10H2,1H3,(H,22,23). The van der Waals surface area contributed by atoms with Gasteiger partial charge in [0.05, 0.1) is 25.4 Å². The monoisotopic (exact) mass is 386 g/mol. The predicted octanol–water partition coefficient (Wildman–Crippen LogP) is 3.36. The molecule has 0 unspecified atom stereocenters. The van der Waals surface area contributed by atoms with Crippen molar-refractivity contribution in [2.75, 3.05) is 43.1 Å². The lowest BCUT2D eigenvalue weighted by molar-refractivity contribution is 0.0527. The molecular weight excluding hydrogens is 368 g/mol. The van der Waals surface area contributed by atoms with Crippen molar-refractivity contribution in [3.63, 3.8) is 0 Å². The van der Waals surface area contributed by atoms with E-state index >= 15 is 0 Å². The summed E-state index contributed by atoms with van der Waals surface area (Å²) in [5, 5.41) is 12.2. The molecule has 0 atom stereocenters. The zero-order valence-corrected chi connectivity index (χ0v) is 15.6. The fraction of sp³-hybridized carbons (Fsp3) is 0.316.